The summed E-state index contributed by atoms with van der Waals surface area (Å²) in [6.07, 6.45) is 5.31. The summed E-state index contributed by atoms with van der Waals surface area (Å²) >= 11 is 0. The largest absolute Gasteiger partial charge is 0.454 e. The lowest BCUT2D eigenvalue weighted by atomic mass is 10.1. The molecule has 5 aromatic rings. The molecule has 23 heavy (non-hydrogen) atoms. The zero-order valence-electron chi connectivity index (χ0n) is 12.1. The first-order valence-corrected chi connectivity index (χ1v) is 7.37. The number of benzene rings is 1. The number of aromatic nitrogens is 3. The molecule has 0 unspecified atom stereocenters. The Balaban J connectivity index is 1.76. The highest BCUT2D eigenvalue weighted by Gasteiger charge is 2.10. The molecule has 4 heteroatoms. The zero-order valence-corrected chi connectivity index (χ0v) is 12.1. The predicted molar refractivity (Wildman–Crippen MR) is 90.0 cm³/mol. The van der Waals surface area contributed by atoms with E-state index in [4.69, 9.17) is 4.42 Å². The number of para-hydroxylation sites is 1. The second-order valence-corrected chi connectivity index (χ2v) is 5.43. The van der Waals surface area contributed by atoms with Crippen LogP contribution in [-0.2, 0) is 0 Å². The van der Waals surface area contributed by atoms with E-state index in [1.54, 1.807) is 18.6 Å². The molecule has 0 amide bonds. The van der Waals surface area contributed by atoms with Crippen molar-refractivity contribution >= 4 is 32.8 Å². The van der Waals surface area contributed by atoms with E-state index in [1.807, 2.05) is 42.5 Å². The Bertz CT molecular complexity index is 1180. The molecule has 0 saturated heterocycles. The van der Waals surface area contributed by atoms with E-state index in [0.717, 1.165) is 44.2 Å². The summed E-state index contributed by atoms with van der Waals surface area (Å²) in [6.45, 7) is 0. The van der Waals surface area contributed by atoms with E-state index in [0.29, 0.717) is 0 Å². The number of hydrogen-bond donors (Lipinski definition) is 0. The van der Waals surface area contributed by atoms with Crippen molar-refractivity contribution < 1.29 is 4.42 Å². The van der Waals surface area contributed by atoms with Crippen LogP contribution in [0.2, 0.25) is 0 Å². The Hall–Kier alpha value is -3.27. The molecule has 0 aliphatic carbocycles. The molecule has 5 rings (SSSR count). The Labute approximate surface area is 131 Å². The first-order chi connectivity index (χ1) is 11.4. The maximum Gasteiger partial charge on any atom is 0.153 e. The number of rotatable bonds is 1. The van der Waals surface area contributed by atoms with Crippen LogP contribution in [0.3, 0.4) is 0 Å². The maximum absolute atomic E-state index is 5.82. The van der Waals surface area contributed by atoms with Crippen LogP contribution < -0.4 is 0 Å². The fraction of sp³-hybridized carbons (Fsp3) is 0. The third-order valence-electron chi connectivity index (χ3n) is 4.02. The molecule has 0 saturated carbocycles. The highest BCUT2D eigenvalue weighted by atomic mass is 16.3. The highest BCUT2D eigenvalue weighted by Crippen LogP contribution is 2.30. The fourth-order valence-corrected chi connectivity index (χ4v) is 2.89. The van der Waals surface area contributed by atoms with Gasteiger partial charge in [0.25, 0.3) is 0 Å². The SMILES string of the molecule is c1cnc2cnc(-c3cc4c(cn3)oc3ccccc34)cc2c1. The molecule has 0 aliphatic rings. The average Bonchev–Trinajstić information content (AvgIpc) is 2.99. The van der Waals surface area contributed by atoms with E-state index < -0.39 is 0 Å². The molecule has 4 aromatic heterocycles. The van der Waals surface area contributed by atoms with Crippen LogP contribution in [-0.4, -0.2) is 15.0 Å². The molecule has 0 fully saturated rings. The van der Waals surface area contributed by atoms with Gasteiger partial charge in [0.2, 0.25) is 0 Å². The molecule has 0 N–H and O–H groups in total. The van der Waals surface area contributed by atoms with Crippen LogP contribution in [0, 0.1) is 0 Å². The monoisotopic (exact) mass is 297 g/mol. The van der Waals surface area contributed by atoms with Crippen molar-refractivity contribution in [1.29, 1.82) is 0 Å². The Morgan fingerprint density at radius 1 is 0.696 bits per heavy atom. The van der Waals surface area contributed by atoms with Gasteiger partial charge in [0.05, 0.1) is 29.3 Å². The highest BCUT2D eigenvalue weighted by molar-refractivity contribution is 6.05. The van der Waals surface area contributed by atoms with Crippen molar-refractivity contribution in [2.75, 3.05) is 0 Å². The lowest BCUT2D eigenvalue weighted by Gasteiger charge is -2.02. The number of hydrogen-bond acceptors (Lipinski definition) is 4. The summed E-state index contributed by atoms with van der Waals surface area (Å²) in [7, 11) is 0. The lowest BCUT2D eigenvalue weighted by Crippen LogP contribution is -1.88. The summed E-state index contributed by atoms with van der Waals surface area (Å²) in [5.41, 5.74) is 4.20. The van der Waals surface area contributed by atoms with E-state index in [1.165, 1.54) is 0 Å². The van der Waals surface area contributed by atoms with Crippen molar-refractivity contribution in [1.82, 2.24) is 15.0 Å². The Kier molecular flexibility index (Phi) is 2.46. The van der Waals surface area contributed by atoms with E-state index in [9.17, 15) is 0 Å². The van der Waals surface area contributed by atoms with Crippen LogP contribution in [0.4, 0.5) is 0 Å². The molecule has 108 valence electrons. The summed E-state index contributed by atoms with van der Waals surface area (Å²) in [5.74, 6) is 0. The summed E-state index contributed by atoms with van der Waals surface area (Å²) < 4.78 is 5.82. The van der Waals surface area contributed by atoms with Gasteiger partial charge >= 0.3 is 0 Å². The molecule has 4 nitrogen and oxygen atoms in total. The van der Waals surface area contributed by atoms with Crippen molar-refractivity contribution in [3.05, 3.63) is 67.1 Å². The summed E-state index contributed by atoms with van der Waals surface area (Å²) in [4.78, 5) is 13.3. The molecular formula is C19H11N3O. The van der Waals surface area contributed by atoms with Crippen LogP contribution in [0.15, 0.2) is 71.5 Å². The number of furan rings is 1. The topological polar surface area (TPSA) is 51.8 Å². The summed E-state index contributed by atoms with van der Waals surface area (Å²) in [6, 6.07) is 16.0. The van der Waals surface area contributed by atoms with Gasteiger partial charge in [-0.3, -0.25) is 15.0 Å². The molecule has 0 atom stereocenters. The number of pyridine rings is 3. The van der Waals surface area contributed by atoms with Crippen LogP contribution in [0.1, 0.15) is 0 Å². The number of nitrogens with zero attached hydrogens (tertiary/aromatic N) is 3. The van der Waals surface area contributed by atoms with Gasteiger partial charge in [-0.25, -0.2) is 0 Å². The van der Waals surface area contributed by atoms with Crippen molar-refractivity contribution in [3.8, 4) is 11.4 Å². The minimum atomic E-state index is 0.789. The normalized spacial score (nSPS) is 11.5. The fourth-order valence-electron chi connectivity index (χ4n) is 2.89. The van der Waals surface area contributed by atoms with Gasteiger partial charge in [-0.05, 0) is 24.3 Å². The zero-order chi connectivity index (χ0) is 15.2. The minimum Gasteiger partial charge on any atom is -0.454 e. The van der Waals surface area contributed by atoms with E-state index in [2.05, 4.69) is 21.0 Å². The number of fused-ring (bicyclic) bond motifs is 4. The smallest absolute Gasteiger partial charge is 0.153 e. The molecule has 0 aliphatic heterocycles. The average molecular weight is 297 g/mol. The van der Waals surface area contributed by atoms with E-state index in [-0.39, 0.29) is 0 Å². The van der Waals surface area contributed by atoms with Gasteiger partial charge in [-0.1, -0.05) is 24.3 Å². The molecule has 0 spiro atoms. The Morgan fingerprint density at radius 2 is 1.57 bits per heavy atom. The second kappa shape index (κ2) is 4.61. The van der Waals surface area contributed by atoms with Crippen LogP contribution in [0.5, 0.6) is 0 Å². The first kappa shape index (κ1) is 12.3. The minimum absolute atomic E-state index is 0.789. The molecule has 0 radical (unpaired) electrons. The van der Waals surface area contributed by atoms with Crippen molar-refractivity contribution in [2.45, 2.75) is 0 Å². The Morgan fingerprint density at radius 3 is 2.57 bits per heavy atom. The van der Waals surface area contributed by atoms with Gasteiger partial charge in [-0.2, -0.15) is 0 Å². The van der Waals surface area contributed by atoms with Crippen molar-refractivity contribution in [2.24, 2.45) is 0 Å². The van der Waals surface area contributed by atoms with Crippen molar-refractivity contribution in [3.63, 3.8) is 0 Å². The third kappa shape index (κ3) is 1.89. The first-order valence-electron chi connectivity index (χ1n) is 7.37. The molecular weight excluding hydrogens is 286 g/mol. The molecule has 4 heterocycles. The van der Waals surface area contributed by atoms with Gasteiger partial charge in [0.1, 0.15) is 5.58 Å². The standard InChI is InChI=1S/C19H11N3O/c1-2-6-18-13(5-1)14-9-16(22-11-19(14)23-18)15-8-12-4-3-7-20-17(12)10-21-15/h1-11H. The maximum atomic E-state index is 5.82. The van der Waals surface area contributed by atoms with Gasteiger partial charge < -0.3 is 4.42 Å². The van der Waals surface area contributed by atoms with E-state index >= 15 is 0 Å². The van der Waals surface area contributed by atoms with Gasteiger partial charge in [0.15, 0.2) is 5.58 Å². The van der Waals surface area contributed by atoms with Crippen LogP contribution >= 0.6 is 0 Å². The van der Waals surface area contributed by atoms with Gasteiger partial charge in [-0.15, -0.1) is 0 Å². The van der Waals surface area contributed by atoms with Gasteiger partial charge in [0, 0.05) is 22.4 Å². The molecule has 0 bridgehead atoms. The lowest BCUT2D eigenvalue weighted by molar-refractivity contribution is 0.667. The molecule has 1 aromatic carbocycles. The van der Waals surface area contributed by atoms with Crippen LogP contribution in [0.25, 0.3) is 44.2 Å². The summed E-state index contributed by atoms with van der Waals surface area (Å²) in [5, 5.41) is 3.20. The second-order valence-electron chi connectivity index (χ2n) is 5.43. The third-order valence-corrected chi connectivity index (χ3v) is 4.02. The predicted octanol–water partition coefficient (Wildman–Crippen LogP) is 4.59. The quantitative estimate of drug-likeness (QED) is 0.454.